The zero-order valence-corrected chi connectivity index (χ0v) is 18.9. The molecule has 0 saturated carbocycles. The van der Waals surface area contributed by atoms with E-state index in [1.807, 2.05) is 4.90 Å². The molecule has 33 heavy (non-hydrogen) atoms. The highest BCUT2D eigenvalue weighted by Gasteiger charge is 2.35. The fraction of sp³-hybridized carbons (Fsp3) is 0.273. The smallest absolute Gasteiger partial charge is 0.311 e. The van der Waals surface area contributed by atoms with Crippen LogP contribution in [0.15, 0.2) is 62.7 Å². The molecule has 170 valence electrons. The standard InChI is InChI=1S/C22H19ClN4O5S/c23-15-7-8-19-24-16(10-20(28)27(19)12-15)13-32-22(29)14-4-3-9-26(11-14)21-17-5-1-2-6-18(17)33(30,31)25-21/h1-2,5-8,10,12,14H,3-4,9,11,13H2. The summed E-state index contributed by atoms with van der Waals surface area (Å²) in [4.78, 5) is 31.4. The second-order valence-electron chi connectivity index (χ2n) is 7.94. The number of pyridine rings is 1. The largest absolute Gasteiger partial charge is 0.459 e. The van der Waals surface area contributed by atoms with Crippen LogP contribution in [0.2, 0.25) is 5.02 Å². The van der Waals surface area contributed by atoms with Crippen molar-refractivity contribution in [3.8, 4) is 0 Å². The quantitative estimate of drug-likeness (QED) is 0.522. The molecule has 0 radical (unpaired) electrons. The first-order chi connectivity index (χ1) is 15.8. The van der Waals surface area contributed by atoms with E-state index in [9.17, 15) is 18.0 Å². The van der Waals surface area contributed by atoms with E-state index < -0.39 is 21.9 Å². The lowest BCUT2D eigenvalue weighted by Gasteiger charge is -2.32. The Hall–Kier alpha value is -3.24. The number of aromatic nitrogens is 2. The van der Waals surface area contributed by atoms with Crippen molar-refractivity contribution >= 4 is 39.1 Å². The van der Waals surface area contributed by atoms with Crippen LogP contribution in [0.5, 0.6) is 0 Å². The Morgan fingerprint density at radius 3 is 2.88 bits per heavy atom. The topological polar surface area (TPSA) is 110 Å². The van der Waals surface area contributed by atoms with Crippen LogP contribution < -0.4 is 5.56 Å². The Morgan fingerprint density at radius 1 is 1.21 bits per heavy atom. The number of halogens is 1. The van der Waals surface area contributed by atoms with Gasteiger partial charge in [0.1, 0.15) is 17.1 Å². The molecule has 5 rings (SSSR count). The predicted octanol–water partition coefficient (Wildman–Crippen LogP) is 2.25. The first-order valence-electron chi connectivity index (χ1n) is 10.4. The van der Waals surface area contributed by atoms with Gasteiger partial charge >= 0.3 is 5.97 Å². The van der Waals surface area contributed by atoms with Crippen molar-refractivity contribution in [3.63, 3.8) is 0 Å². The lowest BCUT2D eigenvalue weighted by Crippen LogP contribution is -2.42. The van der Waals surface area contributed by atoms with Crippen molar-refractivity contribution in [2.45, 2.75) is 24.3 Å². The minimum absolute atomic E-state index is 0.137. The van der Waals surface area contributed by atoms with E-state index in [2.05, 4.69) is 9.38 Å². The van der Waals surface area contributed by atoms with Gasteiger partial charge < -0.3 is 9.64 Å². The first-order valence-corrected chi connectivity index (χ1v) is 12.2. The number of rotatable bonds is 3. The molecular formula is C22H19ClN4O5S. The number of piperidine rings is 1. The molecule has 1 saturated heterocycles. The number of benzene rings is 1. The van der Waals surface area contributed by atoms with Gasteiger partial charge in [0.05, 0.1) is 16.6 Å². The third-order valence-corrected chi connectivity index (χ3v) is 7.25. The Bertz CT molecular complexity index is 1470. The molecule has 4 heterocycles. The molecule has 0 bridgehead atoms. The number of hydrogen-bond donors (Lipinski definition) is 0. The SMILES string of the molecule is O=C(OCc1cc(=O)n2cc(Cl)ccc2n1)C1CCCN(C2=NS(=O)(=O)c3ccccc32)C1. The summed E-state index contributed by atoms with van der Waals surface area (Å²) in [5.41, 5.74) is 0.966. The highest BCUT2D eigenvalue weighted by Crippen LogP contribution is 2.30. The van der Waals surface area contributed by atoms with Gasteiger partial charge in [-0.25, -0.2) is 4.98 Å². The number of esters is 1. The summed E-state index contributed by atoms with van der Waals surface area (Å²) < 4.78 is 35.5. The van der Waals surface area contributed by atoms with Crippen LogP contribution in [0, 0.1) is 5.92 Å². The van der Waals surface area contributed by atoms with Crippen LogP contribution in [-0.2, 0) is 26.2 Å². The molecule has 9 nitrogen and oxygen atoms in total. The molecule has 0 N–H and O–H groups in total. The molecule has 0 amide bonds. The van der Waals surface area contributed by atoms with Gasteiger partial charge in [0.2, 0.25) is 0 Å². The van der Waals surface area contributed by atoms with E-state index in [1.54, 1.807) is 30.3 Å². The molecule has 3 aromatic rings. The summed E-state index contributed by atoms with van der Waals surface area (Å²) in [6.45, 7) is 0.758. The lowest BCUT2D eigenvalue weighted by atomic mass is 9.97. The number of hydrogen-bond acceptors (Lipinski definition) is 7. The van der Waals surface area contributed by atoms with Gasteiger partial charge in [-0.15, -0.1) is 4.40 Å². The number of amidine groups is 1. The Balaban J connectivity index is 1.29. The van der Waals surface area contributed by atoms with Crippen molar-refractivity contribution in [2.24, 2.45) is 10.3 Å². The number of carbonyl (C=O) groups is 1. The van der Waals surface area contributed by atoms with Gasteiger partial charge in [0.15, 0.2) is 5.84 Å². The number of sulfonamides is 1. The molecule has 11 heteroatoms. The van der Waals surface area contributed by atoms with Gasteiger partial charge in [-0.05, 0) is 37.1 Å². The van der Waals surface area contributed by atoms with Crippen LogP contribution in [0.4, 0.5) is 0 Å². The lowest BCUT2D eigenvalue weighted by molar-refractivity contribution is -0.151. The number of carbonyl (C=O) groups excluding carboxylic acids is 1. The fourth-order valence-corrected chi connectivity index (χ4v) is 5.53. The number of ether oxygens (including phenoxy) is 1. The third kappa shape index (κ3) is 4.11. The number of fused-ring (bicyclic) bond motifs is 2. The number of nitrogens with zero attached hydrogens (tertiary/aromatic N) is 4. The Labute approximate surface area is 194 Å². The molecule has 1 atom stereocenters. The maximum atomic E-state index is 12.8. The molecule has 2 aliphatic heterocycles. The van der Waals surface area contributed by atoms with Crippen molar-refractivity contribution < 1.29 is 17.9 Å². The molecule has 2 aromatic heterocycles. The summed E-state index contributed by atoms with van der Waals surface area (Å²) in [6, 6.07) is 11.2. The third-order valence-electron chi connectivity index (χ3n) is 5.71. The summed E-state index contributed by atoms with van der Waals surface area (Å²) in [6.07, 6.45) is 2.78. The van der Waals surface area contributed by atoms with Crippen LogP contribution in [0.3, 0.4) is 0 Å². The van der Waals surface area contributed by atoms with E-state index in [-0.39, 0.29) is 17.1 Å². The van der Waals surface area contributed by atoms with Gasteiger partial charge in [-0.2, -0.15) is 8.42 Å². The van der Waals surface area contributed by atoms with Crippen LogP contribution in [0.25, 0.3) is 5.65 Å². The molecule has 2 aliphatic rings. The van der Waals surface area contributed by atoms with Crippen molar-refractivity contribution in [1.82, 2.24) is 14.3 Å². The van der Waals surface area contributed by atoms with Gasteiger partial charge in [-0.3, -0.25) is 14.0 Å². The zero-order chi connectivity index (χ0) is 23.2. The van der Waals surface area contributed by atoms with Crippen molar-refractivity contribution in [1.29, 1.82) is 0 Å². The maximum absolute atomic E-state index is 12.8. The minimum atomic E-state index is -3.73. The second-order valence-corrected chi connectivity index (χ2v) is 9.95. The van der Waals surface area contributed by atoms with Gasteiger partial charge in [-0.1, -0.05) is 23.7 Å². The van der Waals surface area contributed by atoms with Crippen LogP contribution in [0.1, 0.15) is 24.1 Å². The molecule has 1 aromatic carbocycles. The fourth-order valence-electron chi connectivity index (χ4n) is 4.14. The summed E-state index contributed by atoms with van der Waals surface area (Å²) in [5.74, 6) is -0.504. The van der Waals surface area contributed by atoms with E-state index in [0.29, 0.717) is 53.7 Å². The second kappa shape index (κ2) is 8.27. The number of likely N-dealkylation sites (tertiary alicyclic amines) is 1. The maximum Gasteiger partial charge on any atom is 0.311 e. The molecule has 1 fully saturated rings. The molecule has 0 spiro atoms. The highest BCUT2D eigenvalue weighted by atomic mass is 35.5. The van der Waals surface area contributed by atoms with E-state index in [4.69, 9.17) is 16.3 Å². The highest BCUT2D eigenvalue weighted by molar-refractivity contribution is 7.90. The van der Waals surface area contributed by atoms with E-state index in [1.165, 1.54) is 22.7 Å². The Morgan fingerprint density at radius 2 is 2.03 bits per heavy atom. The van der Waals surface area contributed by atoms with Gasteiger partial charge in [0.25, 0.3) is 15.6 Å². The Kier molecular flexibility index (Phi) is 5.41. The van der Waals surface area contributed by atoms with Crippen molar-refractivity contribution in [3.05, 3.63) is 75.3 Å². The summed E-state index contributed by atoms with van der Waals surface area (Å²) in [7, 11) is -3.73. The van der Waals surface area contributed by atoms with Crippen LogP contribution >= 0.6 is 11.6 Å². The van der Waals surface area contributed by atoms with E-state index in [0.717, 1.165) is 0 Å². The average Bonchev–Trinajstić information content (AvgIpc) is 3.09. The predicted molar refractivity (Wildman–Crippen MR) is 121 cm³/mol. The van der Waals surface area contributed by atoms with E-state index >= 15 is 0 Å². The average molecular weight is 487 g/mol. The normalized spacial score (nSPS) is 19.2. The van der Waals surface area contributed by atoms with Crippen molar-refractivity contribution in [2.75, 3.05) is 13.1 Å². The van der Waals surface area contributed by atoms with Crippen LogP contribution in [-0.4, -0.2) is 47.6 Å². The molecular weight excluding hydrogens is 468 g/mol. The molecule has 0 aliphatic carbocycles. The summed E-state index contributed by atoms with van der Waals surface area (Å²) in [5, 5.41) is 0.412. The zero-order valence-electron chi connectivity index (χ0n) is 17.3. The monoisotopic (exact) mass is 486 g/mol. The minimum Gasteiger partial charge on any atom is -0.459 e. The first kappa shape index (κ1) is 21.6. The molecule has 1 unspecified atom stereocenters. The summed E-state index contributed by atoms with van der Waals surface area (Å²) >= 11 is 5.92. The van der Waals surface area contributed by atoms with Gasteiger partial charge in [0, 0.05) is 30.9 Å².